The monoisotopic (exact) mass is 540 g/mol. The summed E-state index contributed by atoms with van der Waals surface area (Å²) in [7, 11) is 0. The molecule has 3 aliphatic rings. The van der Waals surface area contributed by atoms with Gasteiger partial charge in [0.25, 0.3) is 0 Å². The van der Waals surface area contributed by atoms with E-state index in [9.17, 15) is 29.4 Å². The highest BCUT2D eigenvalue weighted by molar-refractivity contribution is 6.23. The molecule has 0 aromatic rings. The molecule has 1 saturated heterocycles. The second-order valence-corrected chi connectivity index (χ2v) is 10.8. The fourth-order valence-corrected chi connectivity index (χ4v) is 6.08. The Labute approximate surface area is 220 Å². The molecule has 1 fully saturated rings. The van der Waals surface area contributed by atoms with Gasteiger partial charge in [-0.1, -0.05) is 25.7 Å². The fourth-order valence-electron chi connectivity index (χ4n) is 5.76. The normalized spacial score (nSPS) is 44.1. The lowest BCUT2D eigenvalue weighted by atomic mass is 9.55. The van der Waals surface area contributed by atoms with Gasteiger partial charge in [-0.05, 0) is 31.6 Å². The van der Waals surface area contributed by atoms with Crippen LogP contribution in [0.5, 0.6) is 0 Å². The topological polar surface area (TPSA) is 146 Å². The van der Waals surface area contributed by atoms with Crippen LogP contribution in [-0.4, -0.2) is 75.1 Å². The van der Waals surface area contributed by atoms with Crippen LogP contribution in [-0.2, 0) is 38.1 Å². The van der Waals surface area contributed by atoms with E-state index < -0.39 is 82.1 Å². The Balaban J connectivity index is 2.42. The summed E-state index contributed by atoms with van der Waals surface area (Å²) in [5.41, 5.74) is -5.44. The summed E-state index contributed by atoms with van der Waals surface area (Å²) in [6, 6.07) is 0. The van der Waals surface area contributed by atoms with Crippen molar-refractivity contribution in [3.05, 3.63) is 36.5 Å². The van der Waals surface area contributed by atoms with E-state index in [0.717, 1.165) is 13.8 Å². The lowest BCUT2D eigenvalue weighted by Crippen LogP contribution is -2.70. The zero-order valence-electron chi connectivity index (χ0n) is 21.6. The number of alkyl halides is 1. The lowest BCUT2D eigenvalue weighted by molar-refractivity contribution is -0.242. The molecule has 0 bridgehead atoms. The molecule has 10 atom stereocenters. The van der Waals surface area contributed by atoms with Gasteiger partial charge in [0.05, 0.1) is 11.3 Å². The van der Waals surface area contributed by atoms with Crippen molar-refractivity contribution in [2.75, 3.05) is 0 Å². The molecule has 1 aliphatic heterocycles. The fraction of sp³-hybridized carbons (Fsp3) is 0.615. The summed E-state index contributed by atoms with van der Waals surface area (Å²) in [6.45, 7) is 11.8. The summed E-state index contributed by atoms with van der Waals surface area (Å²) < 4.78 is 22.2. The maximum Gasteiger partial charge on any atom is 0.312 e. The van der Waals surface area contributed by atoms with Crippen LogP contribution in [0.25, 0.3) is 0 Å². The van der Waals surface area contributed by atoms with Gasteiger partial charge >= 0.3 is 23.9 Å². The molecule has 0 aromatic heterocycles. The van der Waals surface area contributed by atoms with E-state index in [1.807, 2.05) is 0 Å². The van der Waals surface area contributed by atoms with Crippen LogP contribution < -0.4 is 0 Å². The van der Waals surface area contributed by atoms with E-state index in [1.165, 1.54) is 39.0 Å². The Morgan fingerprint density at radius 2 is 1.54 bits per heavy atom. The molecule has 37 heavy (non-hydrogen) atoms. The van der Waals surface area contributed by atoms with E-state index in [4.69, 9.17) is 30.5 Å². The van der Waals surface area contributed by atoms with Gasteiger partial charge in [-0.15, -0.1) is 11.6 Å². The Morgan fingerprint density at radius 3 is 2.08 bits per heavy atom. The highest BCUT2D eigenvalue weighted by atomic mass is 35.5. The Bertz CT molecular complexity index is 1060. The summed E-state index contributed by atoms with van der Waals surface area (Å²) >= 11 is 6.64. The molecule has 204 valence electrons. The highest BCUT2D eigenvalue weighted by Crippen LogP contribution is 2.55. The Kier molecular flexibility index (Phi) is 7.71. The van der Waals surface area contributed by atoms with Gasteiger partial charge in [0, 0.05) is 32.1 Å². The number of allylic oxidation sites excluding steroid dienone is 1. The number of fused-ring (bicyclic) bond motifs is 2. The molecular weight excluding hydrogens is 508 g/mol. The van der Waals surface area contributed by atoms with Crippen molar-refractivity contribution in [3.63, 3.8) is 0 Å². The smallest absolute Gasteiger partial charge is 0.312 e. The molecule has 0 spiro atoms. The van der Waals surface area contributed by atoms with Crippen LogP contribution in [0, 0.1) is 17.3 Å². The van der Waals surface area contributed by atoms with E-state index >= 15 is 0 Å². The Morgan fingerprint density at radius 1 is 1.00 bits per heavy atom. The second kappa shape index (κ2) is 9.89. The van der Waals surface area contributed by atoms with Crippen LogP contribution in [0.2, 0.25) is 0 Å². The van der Waals surface area contributed by atoms with Crippen LogP contribution in [0.15, 0.2) is 36.5 Å². The molecule has 2 aliphatic carbocycles. The van der Waals surface area contributed by atoms with Crippen molar-refractivity contribution < 1.29 is 48.3 Å². The molecule has 0 amide bonds. The average Bonchev–Trinajstić information content (AvgIpc) is 3.00. The first-order valence-corrected chi connectivity index (χ1v) is 12.3. The van der Waals surface area contributed by atoms with E-state index in [-0.39, 0.29) is 5.57 Å². The quantitative estimate of drug-likeness (QED) is 0.235. The predicted molar refractivity (Wildman–Crippen MR) is 130 cm³/mol. The van der Waals surface area contributed by atoms with Crippen molar-refractivity contribution in [2.45, 2.75) is 82.5 Å². The van der Waals surface area contributed by atoms with Crippen molar-refractivity contribution in [3.8, 4) is 0 Å². The van der Waals surface area contributed by atoms with Gasteiger partial charge in [-0.2, -0.15) is 0 Å². The molecular formula is C26H33ClO10. The SMILES string of the molecule is C=C1/C=C\[C@H](OC(C)=O)[C@@]2(C)C=C[C@@H](OC(C)=O)[C@@](C)(O)C2[C@H](OC(C)=O)C2(O)[C@@H](C)C(=O)O[C@H]2[C@H]1Cl. The lowest BCUT2D eigenvalue weighted by Gasteiger charge is -2.56. The minimum absolute atomic E-state index is 0.233. The Hall–Kier alpha value is -2.69. The van der Waals surface area contributed by atoms with Gasteiger partial charge in [-0.25, -0.2) is 0 Å². The number of hydrogen-bond acceptors (Lipinski definition) is 10. The van der Waals surface area contributed by atoms with E-state index in [1.54, 1.807) is 13.0 Å². The first-order valence-electron chi connectivity index (χ1n) is 11.8. The minimum Gasteiger partial charge on any atom is -0.459 e. The molecule has 1 heterocycles. The molecule has 11 heteroatoms. The van der Waals surface area contributed by atoms with Crippen molar-refractivity contribution >= 4 is 35.5 Å². The summed E-state index contributed by atoms with van der Waals surface area (Å²) in [6.07, 6.45) is 0.581. The summed E-state index contributed by atoms with van der Waals surface area (Å²) in [5.74, 6) is -5.56. The number of hydrogen-bond donors (Lipinski definition) is 2. The third kappa shape index (κ3) is 4.82. The number of halogens is 1. The zero-order valence-corrected chi connectivity index (χ0v) is 22.4. The third-order valence-corrected chi connectivity index (χ3v) is 8.12. The number of carbonyl (C=O) groups excluding carboxylic acids is 4. The molecule has 2 N–H and O–H groups in total. The zero-order chi connectivity index (χ0) is 28.1. The number of rotatable bonds is 3. The maximum absolute atomic E-state index is 12.8. The van der Waals surface area contributed by atoms with Gasteiger partial charge in [0.2, 0.25) is 0 Å². The predicted octanol–water partition coefficient (Wildman–Crippen LogP) is 1.75. The number of ether oxygens (including phenoxy) is 4. The van der Waals surface area contributed by atoms with Crippen molar-refractivity contribution in [2.24, 2.45) is 17.3 Å². The number of aliphatic hydroxyl groups is 2. The maximum atomic E-state index is 12.8. The third-order valence-electron chi connectivity index (χ3n) is 7.61. The molecule has 10 nitrogen and oxygen atoms in total. The van der Waals surface area contributed by atoms with E-state index in [0.29, 0.717) is 0 Å². The van der Waals surface area contributed by atoms with Crippen molar-refractivity contribution in [1.82, 2.24) is 0 Å². The van der Waals surface area contributed by atoms with Gasteiger partial charge in [-0.3, -0.25) is 19.2 Å². The minimum atomic E-state index is -2.27. The van der Waals surface area contributed by atoms with Gasteiger partial charge < -0.3 is 29.2 Å². The largest absolute Gasteiger partial charge is 0.459 e. The van der Waals surface area contributed by atoms with Gasteiger partial charge in [0.1, 0.15) is 23.9 Å². The van der Waals surface area contributed by atoms with Crippen LogP contribution in [0.4, 0.5) is 0 Å². The van der Waals surface area contributed by atoms with Crippen molar-refractivity contribution in [1.29, 1.82) is 0 Å². The van der Waals surface area contributed by atoms with E-state index in [2.05, 4.69) is 6.58 Å². The summed E-state index contributed by atoms with van der Waals surface area (Å²) in [4.78, 5) is 49.3. The van der Waals surface area contributed by atoms with Gasteiger partial charge in [0.15, 0.2) is 11.7 Å². The van der Waals surface area contributed by atoms with Crippen LogP contribution >= 0.6 is 11.6 Å². The summed E-state index contributed by atoms with van der Waals surface area (Å²) in [5, 5.41) is 23.1. The highest BCUT2D eigenvalue weighted by Gasteiger charge is 2.70. The van der Waals surface area contributed by atoms with Crippen LogP contribution in [0.1, 0.15) is 41.5 Å². The molecule has 3 rings (SSSR count). The average molecular weight is 541 g/mol. The molecule has 0 saturated carbocycles. The molecule has 0 radical (unpaired) electrons. The van der Waals surface area contributed by atoms with Crippen LogP contribution in [0.3, 0.4) is 0 Å². The standard InChI is InChI=1S/C26H33ClO10/c1-12-8-9-17(34-14(3)28)24(6)11-10-18(35-15(4)29)25(7,32)20(24)22(36-16(5)30)26(33)13(2)23(31)37-21(26)19(12)27/h8-11,13,17-22,32-33H,1H2,2-7H3/b9-8-/t13-,17-,18+,19-,20?,21-,22-,24+,25+,26?/m0/s1. The first-order chi connectivity index (χ1) is 17.0. The second-order valence-electron chi connectivity index (χ2n) is 10.3. The number of carbonyl (C=O) groups is 4. The first kappa shape index (κ1) is 28.9. The number of esters is 4. The molecule has 2 unspecified atom stereocenters. The molecule has 0 aromatic carbocycles.